The third-order valence-electron chi connectivity index (χ3n) is 2.43. The van der Waals surface area contributed by atoms with Gasteiger partial charge < -0.3 is 5.32 Å². The van der Waals surface area contributed by atoms with E-state index in [1.54, 1.807) is 13.0 Å². The highest BCUT2D eigenvalue weighted by atomic mass is 35.5. The Hall–Kier alpha value is -1.09. The molecule has 0 aliphatic rings. The van der Waals surface area contributed by atoms with Crippen LogP contribution < -0.4 is 5.32 Å². The molecule has 0 aromatic heterocycles. The number of rotatable bonds is 4. The van der Waals surface area contributed by atoms with Gasteiger partial charge in [-0.15, -0.1) is 11.6 Å². The number of benzene rings is 1. The average molecular weight is 258 g/mol. The molecule has 0 aliphatic heterocycles. The van der Waals surface area contributed by atoms with Gasteiger partial charge >= 0.3 is 0 Å². The molecular formula is C13H17ClFNO. The minimum absolute atomic E-state index is 0.0202. The Kier molecular flexibility index (Phi) is 4.94. The molecule has 0 spiro atoms. The number of amides is 1. The Balaban J connectivity index is 2.70. The summed E-state index contributed by atoms with van der Waals surface area (Å²) in [6.45, 7) is 5.49. The molecule has 0 aliphatic carbocycles. The van der Waals surface area contributed by atoms with Gasteiger partial charge in [-0.2, -0.15) is 0 Å². The standard InChI is InChI=1S/C13H17ClFNO/c1-8-4-5-11(12(15)6-8)13(17)16-10(3)7-9(2)14/h4-6,9-10H,7H2,1-3H3,(H,16,17). The van der Waals surface area contributed by atoms with Gasteiger partial charge in [-0.25, -0.2) is 4.39 Å². The molecule has 17 heavy (non-hydrogen) atoms. The fourth-order valence-electron chi connectivity index (χ4n) is 1.65. The molecule has 0 bridgehead atoms. The zero-order valence-corrected chi connectivity index (χ0v) is 11.0. The van der Waals surface area contributed by atoms with Crippen LogP contribution in [0.1, 0.15) is 36.2 Å². The highest BCUT2D eigenvalue weighted by molar-refractivity contribution is 6.20. The van der Waals surface area contributed by atoms with Crippen LogP contribution >= 0.6 is 11.6 Å². The molecule has 1 amide bonds. The van der Waals surface area contributed by atoms with Crippen molar-refractivity contribution in [3.8, 4) is 0 Å². The molecule has 94 valence electrons. The fraction of sp³-hybridized carbons (Fsp3) is 0.462. The zero-order valence-electron chi connectivity index (χ0n) is 10.3. The quantitative estimate of drug-likeness (QED) is 0.824. The van der Waals surface area contributed by atoms with Crippen molar-refractivity contribution in [2.24, 2.45) is 0 Å². The van der Waals surface area contributed by atoms with Crippen molar-refractivity contribution in [3.63, 3.8) is 0 Å². The van der Waals surface area contributed by atoms with E-state index in [1.807, 2.05) is 13.8 Å². The van der Waals surface area contributed by atoms with Crippen molar-refractivity contribution in [1.29, 1.82) is 0 Å². The smallest absolute Gasteiger partial charge is 0.254 e. The number of carbonyl (C=O) groups is 1. The van der Waals surface area contributed by atoms with E-state index >= 15 is 0 Å². The summed E-state index contributed by atoms with van der Waals surface area (Å²) in [4.78, 5) is 11.8. The number of halogens is 2. The Labute approximate surface area is 106 Å². The summed E-state index contributed by atoms with van der Waals surface area (Å²) in [5, 5.41) is 2.70. The van der Waals surface area contributed by atoms with Gasteiger partial charge in [0.25, 0.3) is 5.91 Å². The summed E-state index contributed by atoms with van der Waals surface area (Å²) in [5.41, 5.74) is 0.867. The van der Waals surface area contributed by atoms with Gasteiger partial charge in [0, 0.05) is 11.4 Å². The van der Waals surface area contributed by atoms with E-state index in [9.17, 15) is 9.18 Å². The van der Waals surface area contributed by atoms with Crippen molar-refractivity contribution < 1.29 is 9.18 Å². The van der Waals surface area contributed by atoms with Crippen LogP contribution in [0.4, 0.5) is 4.39 Å². The summed E-state index contributed by atoms with van der Waals surface area (Å²) < 4.78 is 13.5. The van der Waals surface area contributed by atoms with E-state index in [1.165, 1.54) is 12.1 Å². The molecule has 0 radical (unpaired) electrons. The monoisotopic (exact) mass is 257 g/mol. The molecule has 0 fully saturated rings. The summed E-state index contributed by atoms with van der Waals surface area (Å²) in [7, 11) is 0. The van der Waals surface area contributed by atoms with E-state index < -0.39 is 11.7 Å². The van der Waals surface area contributed by atoms with Crippen LogP contribution in [0.2, 0.25) is 0 Å². The lowest BCUT2D eigenvalue weighted by atomic mass is 10.1. The van der Waals surface area contributed by atoms with Crippen LogP contribution in [0, 0.1) is 12.7 Å². The van der Waals surface area contributed by atoms with Crippen molar-refractivity contribution >= 4 is 17.5 Å². The molecule has 2 atom stereocenters. The van der Waals surface area contributed by atoms with Crippen LogP contribution in [0.5, 0.6) is 0 Å². The first-order chi connectivity index (χ1) is 7.90. The number of nitrogens with one attached hydrogen (secondary N) is 1. The van der Waals surface area contributed by atoms with Gasteiger partial charge in [0.15, 0.2) is 0 Å². The lowest BCUT2D eigenvalue weighted by Crippen LogP contribution is -2.34. The second-order valence-corrected chi connectivity index (χ2v) is 5.12. The van der Waals surface area contributed by atoms with Gasteiger partial charge in [0.05, 0.1) is 5.56 Å². The molecule has 0 saturated carbocycles. The molecule has 2 nitrogen and oxygen atoms in total. The average Bonchev–Trinajstić information content (AvgIpc) is 2.15. The molecule has 0 heterocycles. The van der Waals surface area contributed by atoms with Crippen molar-refractivity contribution in [2.45, 2.75) is 38.6 Å². The first kappa shape index (κ1) is 14.0. The third-order valence-corrected chi connectivity index (χ3v) is 2.60. The Morgan fingerprint density at radius 3 is 2.65 bits per heavy atom. The second kappa shape index (κ2) is 6.01. The molecule has 1 aromatic rings. The summed E-state index contributed by atoms with van der Waals surface area (Å²) in [6, 6.07) is 4.49. The lowest BCUT2D eigenvalue weighted by Gasteiger charge is -2.15. The van der Waals surface area contributed by atoms with Crippen molar-refractivity contribution in [3.05, 3.63) is 35.1 Å². The second-order valence-electron chi connectivity index (χ2n) is 4.37. The maximum atomic E-state index is 13.5. The number of hydrogen-bond donors (Lipinski definition) is 1. The Bertz CT molecular complexity index is 406. The van der Waals surface area contributed by atoms with E-state index in [4.69, 9.17) is 11.6 Å². The maximum absolute atomic E-state index is 13.5. The van der Waals surface area contributed by atoms with E-state index in [0.717, 1.165) is 5.56 Å². The van der Waals surface area contributed by atoms with Crippen molar-refractivity contribution in [1.82, 2.24) is 5.32 Å². The number of carbonyl (C=O) groups excluding carboxylic acids is 1. The zero-order chi connectivity index (χ0) is 13.0. The summed E-state index contributed by atoms with van der Waals surface area (Å²) in [5.74, 6) is -0.888. The first-order valence-corrected chi connectivity index (χ1v) is 6.05. The van der Waals surface area contributed by atoms with Crippen LogP contribution in [-0.2, 0) is 0 Å². The number of aryl methyl sites for hydroxylation is 1. The summed E-state index contributed by atoms with van der Waals surface area (Å²) in [6.07, 6.45) is 0.654. The Morgan fingerprint density at radius 1 is 1.47 bits per heavy atom. The van der Waals surface area contributed by atoms with Gasteiger partial charge in [0.2, 0.25) is 0 Å². The SMILES string of the molecule is Cc1ccc(C(=O)NC(C)CC(C)Cl)c(F)c1. The van der Waals surface area contributed by atoms with Gasteiger partial charge in [-0.05, 0) is 44.9 Å². The molecular weight excluding hydrogens is 241 g/mol. The topological polar surface area (TPSA) is 29.1 Å². The lowest BCUT2D eigenvalue weighted by molar-refractivity contribution is 0.0934. The fourth-order valence-corrected chi connectivity index (χ4v) is 1.92. The number of hydrogen-bond acceptors (Lipinski definition) is 1. The van der Waals surface area contributed by atoms with E-state index in [2.05, 4.69) is 5.32 Å². The van der Waals surface area contributed by atoms with Crippen LogP contribution in [0.3, 0.4) is 0 Å². The predicted octanol–water partition coefficient (Wildman–Crippen LogP) is 3.27. The molecule has 2 unspecified atom stereocenters. The normalized spacial score (nSPS) is 14.2. The van der Waals surface area contributed by atoms with E-state index in [0.29, 0.717) is 6.42 Å². The minimum Gasteiger partial charge on any atom is -0.349 e. The van der Waals surface area contributed by atoms with Gasteiger partial charge in [-0.1, -0.05) is 6.07 Å². The number of alkyl halides is 1. The van der Waals surface area contributed by atoms with Crippen molar-refractivity contribution in [2.75, 3.05) is 0 Å². The van der Waals surface area contributed by atoms with Crippen LogP contribution in [0.25, 0.3) is 0 Å². The molecule has 0 saturated heterocycles. The Morgan fingerprint density at radius 2 is 2.12 bits per heavy atom. The molecule has 1 aromatic carbocycles. The van der Waals surface area contributed by atoms with Gasteiger partial charge in [-0.3, -0.25) is 4.79 Å². The predicted molar refractivity (Wildman–Crippen MR) is 68.0 cm³/mol. The maximum Gasteiger partial charge on any atom is 0.254 e. The van der Waals surface area contributed by atoms with Crippen LogP contribution in [-0.4, -0.2) is 17.3 Å². The molecule has 1 N–H and O–H groups in total. The molecule has 4 heteroatoms. The first-order valence-electron chi connectivity index (χ1n) is 5.61. The van der Waals surface area contributed by atoms with Crippen LogP contribution in [0.15, 0.2) is 18.2 Å². The van der Waals surface area contributed by atoms with Gasteiger partial charge in [0.1, 0.15) is 5.82 Å². The highest BCUT2D eigenvalue weighted by Crippen LogP contribution is 2.11. The minimum atomic E-state index is -0.492. The third kappa shape index (κ3) is 4.35. The largest absolute Gasteiger partial charge is 0.349 e. The van der Waals surface area contributed by atoms with E-state index in [-0.39, 0.29) is 17.0 Å². The summed E-state index contributed by atoms with van der Waals surface area (Å²) >= 11 is 5.83. The highest BCUT2D eigenvalue weighted by Gasteiger charge is 2.15. The molecule has 1 rings (SSSR count).